The number of rotatable bonds is 9. The van der Waals surface area contributed by atoms with Gasteiger partial charge in [-0.15, -0.1) is 21.5 Å². The van der Waals surface area contributed by atoms with Crippen LogP contribution in [-0.4, -0.2) is 49.8 Å². The number of hydrogen-bond acceptors (Lipinski definition) is 8. The Morgan fingerprint density at radius 3 is 2.73 bits per heavy atom. The average molecular weight is 563 g/mol. The number of amides is 2. The van der Waals surface area contributed by atoms with E-state index in [4.69, 9.17) is 9.47 Å². The maximum absolute atomic E-state index is 14.3. The van der Waals surface area contributed by atoms with Gasteiger partial charge in [-0.25, -0.2) is 4.39 Å². The van der Waals surface area contributed by atoms with E-state index < -0.39 is 17.8 Å². The highest BCUT2D eigenvalue weighted by atomic mass is 32.1. The van der Waals surface area contributed by atoms with Crippen molar-refractivity contribution in [2.45, 2.75) is 50.9 Å². The van der Waals surface area contributed by atoms with Gasteiger partial charge in [0.1, 0.15) is 18.4 Å². The Morgan fingerprint density at radius 1 is 1.10 bits per heavy atom. The molecule has 0 unspecified atom stereocenters. The second-order valence-electron chi connectivity index (χ2n) is 9.74. The second-order valence-corrected chi connectivity index (χ2v) is 10.7. The third-order valence-corrected chi connectivity index (χ3v) is 7.95. The van der Waals surface area contributed by atoms with Crippen LogP contribution in [0.4, 0.5) is 4.39 Å². The molecule has 0 radical (unpaired) electrons. The SMILES string of the molecule is O=C(NC1CCCC1)[C@@H](c1cccs1)N(Cc1ccc2c(c1)OCO2)C(=O)Cn1nnc(-c2ccccc2F)n1. The first-order chi connectivity index (χ1) is 19.5. The van der Waals surface area contributed by atoms with Crippen molar-refractivity contribution in [1.82, 2.24) is 30.4 Å². The van der Waals surface area contributed by atoms with Crippen molar-refractivity contribution >= 4 is 23.2 Å². The van der Waals surface area contributed by atoms with Crippen LogP contribution < -0.4 is 14.8 Å². The number of ether oxygens (including phenoxy) is 2. The molecule has 1 atom stereocenters. The summed E-state index contributed by atoms with van der Waals surface area (Å²) in [5.41, 5.74) is 0.956. The number of fused-ring (bicyclic) bond motifs is 1. The number of tetrazole rings is 1. The third-order valence-electron chi connectivity index (χ3n) is 7.03. The monoisotopic (exact) mass is 562 g/mol. The summed E-state index contributed by atoms with van der Waals surface area (Å²) >= 11 is 1.41. The highest BCUT2D eigenvalue weighted by molar-refractivity contribution is 7.10. The molecule has 10 nitrogen and oxygen atoms in total. The molecular formula is C28H27FN6O4S. The van der Waals surface area contributed by atoms with Crippen LogP contribution in [0.5, 0.6) is 11.5 Å². The van der Waals surface area contributed by atoms with Crippen LogP contribution in [0.3, 0.4) is 0 Å². The number of nitrogens with one attached hydrogen (secondary N) is 1. The number of hydrogen-bond donors (Lipinski definition) is 1. The van der Waals surface area contributed by atoms with E-state index in [1.165, 1.54) is 22.3 Å². The van der Waals surface area contributed by atoms with Crippen molar-refractivity contribution in [2.75, 3.05) is 6.79 Å². The molecule has 4 aromatic rings. The molecule has 2 amide bonds. The minimum Gasteiger partial charge on any atom is -0.454 e. The molecule has 40 heavy (non-hydrogen) atoms. The van der Waals surface area contributed by atoms with E-state index in [9.17, 15) is 14.0 Å². The summed E-state index contributed by atoms with van der Waals surface area (Å²) in [5, 5.41) is 17.2. The highest BCUT2D eigenvalue weighted by Gasteiger charge is 2.34. The largest absolute Gasteiger partial charge is 0.454 e. The third kappa shape index (κ3) is 5.53. The molecule has 0 spiro atoms. The van der Waals surface area contributed by atoms with E-state index in [-0.39, 0.29) is 43.2 Å². The van der Waals surface area contributed by atoms with Gasteiger partial charge in [0.2, 0.25) is 24.4 Å². The fraction of sp³-hybridized carbons (Fsp3) is 0.321. The molecule has 6 rings (SSSR count). The zero-order valence-corrected chi connectivity index (χ0v) is 22.3. The summed E-state index contributed by atoms with van der Waals surface area (Å²) in [6, 6.07) is 14.5. The number of aromatic nitrogens is 4. The Labute approximate surface area is 233 Å². The summed E-state index contributed by atoms with van der Waals surface area (Å²) in [4.78, 5) is 31.1. The lowest BCUT2D eigenvalue weighted by Crippen LogP contribution is -2.46. The molecule has 2 aromatic heterocycles. The second kappa shape index (κ2) is 11.4. The first kappa shape index (κ1) is 25.9. The lowest BCUT2D eigenvalue weighted by molar-refractivity contribution is -0.142. The van der Waals surface area contributed by atoms with E-state index in [1.54, 1.807) is 24.3 Å². The quantitative estimate of drug-likeness (QED) is 0.327. The average Bonchev–Trinajstić information content (AvgIpc) is 3.77. The summed E-state index contributed by atoms with van der Waals surface area (Å²) in [5.74, 6) is 0.168. The zero-order valence-electron chi connectivity index (χ0n) is 21.5. The van der Waals surface area contributed by atoms with Gasteiger partial charge in [-0.1, -0.05) is 37.1 Å². The van der Waals surface area contributed by atoms with Gasteiger partial charge in [0.15, 0.2) is 11.5 Å². The Morgan fingerprint density at radius 2 is 1.93 bits per heavy atom. The topological polar surface area (TPSA) is 111 Å². The van der Waals surface area contributed by atoms with E-state index in [1.807, 2.05) is 29.6 Å². The number of thiophene rings is 1. The van der Waals surface area contributed by atoms with Crippen molar-refractivity contribution in [3.8, 4) is 22.9 Å². The molecule has 2 aliphatic rings. The first-order valence-electron chi connectivity index (χ1n) is 13.1. The van der Waals surface area contributed by atoms with Gasteiger partial charge in [0.25, 0.3) is 0 Å². The van der Waals surface area contributed by atoms with Crippen LogP contribution in [0.1, 0.15) is 42.2 Å². The molecule has 1 fully saturated rings. The van der Waals surface area contributed by atoms with Crippen LogP contribution in [0.2, 0.25) is 0 Å². The molecule has 206 valence electrons. The van der Waals surface area contributed by atoms with Crippen LogP contribution in [0, 0.1) is 5.82 Å². The molecule has 2 aromatic carbocycles. The van der Waals surface area contributed by atoms with Crippen molar-refractivity contribution in [3.63, 3.8) is 0 Å². The number of benzene rings is 2. The number of halogens is 1. The minimum absolute atomic E-state index is 0.0713. The number of carbonyl (C=O) groups is 2. The molecule has 1 aliphatic carbocycles. The predicted octanol–water partition coefficient (Wildman–Crippen LogP) is 4.10. The van der Waals surface area contributed by atoms with Gasteiger partial charge >= 0.3 is 0 Å². The van der Waals surface area contributed by atoms with E-state index in [0.29, 0.717) is 11.5 Å². The van der Waals surface area contributed by atoms with Gasteiger partial charge in [0.05, 0.1) is 5.56 Å². The summed E-state index contributed by atoms with van der Waals surface area (Å²) < 4.78 is 25.2. The van der Waals surface area contributed by atoms with Crippen LogP contribution >= 0.6 is 11.3 Å². The lowest BCUT2D eigenvalue weighted by Gasteiger charge is -2.31. The van der Waals surface area contributed by atoms with E-state index in [2.05, 4.69) is 20.7 Å². The highest BCUT2D eigenvalue weighted by Crippen LogP contribution is 2.34. The molecule has 1 N–H and O–H groups in total. The maximum atomic E-state index is 14.3. The van der Waals surface area contributed by atoms with Crippen molar-refractivity contribution in [1.29, 1.82) is 0 Å². The Kier molecular flexibility index (Phi) is 7.41. The van der Waals surface area contributed by atoms with Crippen molar-refractivity contribution in [3.05, 3.63) is 76.2 Å². The van der Waals surface area contributed by atoms with Gasteiger partial charge in [-0.3, -0.25) is 9.59 Å². The fourth-order valence-corrected chi connectivity index (χ4v) is 5.89. The smallest absolute Gasteiger partial charge is 0.248 e. The standard InChI is InChI=1S/C28H27FN6O4S/c29-21-9-4-3-8-20(21)27-31-33-35(32-27)16-25(36)34(15-18-11-12-22-23(14-18)39-17-38-22)26(24-10-5-13-40-24)28(37)30-19-6-1-2-7-19/h3-5,8-14,19,26H,1-2,6-7,15-17H2,(H,30,37)/t26-/m1/s1. The number of nitrogens with zero attached hydrogens (tertiary/aromatic N) is 5. The molecule has 1 saturated carbocycles. The van der Waals surface area contributed by atoms with Crippen molar-refractivity contribution in [2.24, 2.45) is 0 Å². The molecule has 0 saturated heterocycles. The fourth-order valence-electron chi connectivity index (χ4n) is 5.05. The minimum atomic E-state index is -0.868. The normalized spacial score (nSPS) is 15.2. The van der Waals surface area contributed by atoms with Gasteiger partial charge in [-0.2, -0.15) is 4.80 Å². The van der Waals surface area contributed by atoms with Gasteiger partial charge in [0, 0.05) is 17.5 Å². The van der Waals surface area contributed by atoms with Crippen LogP contribution in [0.25, 0.3) is 11.4 Å². The van der Waals surface area contributed by atoms with Crippen LogP contribution in [-0.2, 0) is 22.7 Å². The molecular weight excluding hydrogens is 535 g/mol. The lowest BCUT2D eigenvalue weighted by atomic mass is 10.1. The first-order valence-corrected chi connectivity index (χ1v) is 14.0. The van der Waals surface area contributed by atoms with Gasteiger partial charge < -0.3 is 19.7 Å². The maximum Gasteiger partial charge on any atom is 0.248 e. The van der Waals surface area contributed by atoms with E-state index in [0.717, 1.165) is 40.9 Å². The summed E-state index contributed by atoms with van der Waals surface area (Å²) in [6.07, 6.45) is 3.97. The Hall–Kier alpha value is -4.32. The number of carbonyl (C=O) groups excluding carboxylic acids is 2. The van der Waals surface area contributed by atoms with Gasteiger partial charge in [-0.05, 0) is 59.3 Å². The van der Waals surface area contributed by atoms with E-state index >= 15 is 0 Å². The van der Waals surface area contributed by atoms with Crippen molar-refractivity contribution < 1.29 is 23.5 Å². The zero-order chi connectivity index (χ0) is 27.5. The molecule has 0 bridgehead atoms. The molecule has 12 heteroatoms. The van der Waals surface area contributed by atoms with Crippen LogP contribution in [0.15, 0.2) is 60.0 Å². The Balaban J connectivity index is 1.31. The molecule has 3 heterocycles. The summed E-state index contributed by atoms with van der Waals surface area (Å²) in [7, 11) is 0. The predicted molar refractivity (Wildman–Crippen MR) is 144 cm³/mol. The molecule has 1 aliphatic heterocycles. The summed E-state index contributed by atoms with van der Waals surface area (Å²) in [6.45, 7) is -0.0268. The Bertz CT molecular complexity index is 1500.